The van der Waals surface area contributed by atoms with Crippen LogP contribution in [-0.4, -0.2) is 41.8 Å². The molecule has 1 aliphatic rings. The highest BCUT2D eigenvalue weighted by atomic mass is 16.5. The zero-order valence-corrected chi connectivity index (χ0v) is 16.9. The van der Waals surface area contributed by atoms with E-state index in [-0.39, 0.29) is 17.6 Å². The van der Waals surface area contributed by atoms with Crippen LogP contribution in [0, 0.1) is 11.8 Å². The molecule has 2 aromatic rings. The van der Waals surface area contributed by atoms with Gasteiger partial charge in [0, 0.05) is 37.2 Å². The molecule has 0 N–H and O–H groups in total. The fourth-order valence-electron chi connectivity index (χ4n) is 3.71. The summed E-state index contributed by atoms with van der Waals surface area (Å²) in [6.45, 7) is 5.31. The molecular formula is C23H28N2O3. The third-order valence-corrected chi connectivity index (χ3v) is 5.17. The van der Waals surface area contributed by atoms with Crippen molar-refractivity contribution in [3.8, 4) is 17.0 Å². The predicted molar refractivity (Wildman–Crippen MR) is 109 cm³/mol. The number of carbonyl (C=O) groups is 2. The molecule has 148 valence electrons. The first-order chi connectivity index (χ1) is 13.5. The summed E-state index contributed by atoms with van der Waals surface area (Å²) in [5.74, 6) is 1.28. The third kappa shape index (κ3) is 4.58. The van der Waals surface area contributed by atoms with E-state index in [1.54, 1.807) is 24.3 Å². The van der Waals surface area contributed by atoms with Gasteiger partial charge in [-0.2, -0.15) is 0 Å². The number of benzene rings is 1. The van der Waals surface area contributed by atoms with Crippen LogP contribution in [0.2, 0.25) is 0 Å². The lowest BCUT2D eigenvalue weighted by Crippen LogP contribution is -2.42. The molecule has 0 aliphatic carbocycles. The normalized spacial score (nSPS) is 16.9. The Bertz CT molecular complexity index is 830. The average molecular weight is 380 g/mol. The second kappa shape index (κ2) is 9.00. The molecule has 0 unspecified atom stereocenters. The molecule has 1 amide bonds. The van der Waals surface area contributed by atoms with Gasteiger partial charge >= 0.3 is 0 Å². The van der Waals surface area contributed by atoms with E-state index in [0.29, 0.717) is 31.0 Å². The molecule has 1 saturated heterocycles. The summed E-state index contributed by atoms with van der Waals surface area (Å²) < 4.78 is 5.39. The summed E-state index contributed by atoms with van der Waals surface area (Å²) in [5.41, 5.74) is 2.20. The standard InChI is InChI=1S/C23H28N2O3/c1-16(2)13-21(26)18-7-6-12-25(15-18)23(27)17-10-11-20(24-14-17)19-8-4-5-9-22(19)28-3/h4-5,8-11,14,16,18H,6-7,12-13,15H2,1-3H3/t18-/m1/s1. The molecule has 0 saturated carbocycles. The topological polar surface area (TPSA) is 59.5 Å². The monoisotopic (exact) mass is 380 g/mol. The number of aromatic nitrogens is 1. The molecular weight excluding hydrogens is 352 g/mol. The van der Waals surface area contributed by atoms with E-state index < -0.39 is 0 Å². The van der Waals surface area contributed by atoms with Gasteiger partial charge < -0.3 is 9.64 Å². The van der Waals surface area contributed by atoms with Crippen LogP contribution < -0.4 is 4.74 Å². The highest BCUT2D eigenvalue weighted by Gasteiger charge is 2.29. The minimum Gasteiger partial charge on any atom is -0.496 e. The maximum absolute atomic E-state index is 12.9. The first kappa shape index (κ1) is 20.1. The number of pyridine rings is 1. The van der Waals surface area contributed by atoms with E-state index >= 15 is 0 Å². The second-order valence-corrected chi connectivity index (χ2v) is 7.79. The third-order valence-electron chi connectivity index (χ3n) is 5.17. The Morgan fingerprint density at radius 2 is 2.00 bits per heavy atom. The molecule has 1 atom stereocenters. The molecule has 0 spiro atoms. The zero-order valence-electron chi connectivity index (χ0n) is 16.9. The minimum atomic E-state index is -0.0545. The van der Waals surface area contributed by atoms with Crippen LogP contribution in [0.5, 0.6) is 5.75 Å². The van der Waals surface area contributed by atoms with Crippen LogP contribution in [0.25, 0.3) is 11.3 Å². The van der Waals surface area contributed by atoms with Crippen molar-refractivity contribution in [3.05, 3.63) is 48.2 Å². The van der Waals surface area contributed by atoms with Crippen molar-refractivity contribution in [1.82, 2.24) is 9.88 Å². The van der Waals surface area contributed by atoms with Gasteiger partial charge in [0.25, 0.3) is 5.91 Å². The molecule has 1 aliphatic heterocycles. The van der Waals surface area contributed by atoms with Crippen LogP contribution in [0.1, 0.15) is 43.5 Å². The van der Waals surface area contributed by atoms with Crippen molar-refractivity contribution in [2.24, 2.45) is 11.8 Å². The number of amides is 1. The molecule has 2 heterocycles. The van der Waals surface area contributed by atoms with Gasteiger partial charge in [-0.15, -0.1) is 0 Å². The number of carbonyl (C=O) groups excluding carboxylic acids is 2. The lowest BCUT2D eigenvalue weighted by Gasteiger charge is -2.32. The van der Waals surface area contributed by atoms with Crippen molar-refractivity contribution in [3.63, 3.8) is 0 Å². The summed E-state index contributed by atoms with van der Waals surface area (Å²) in [6.07, 6.45) is 3.94. The number of Topliss-reactive ketones (excluding diaryl/α,β-unsaturated/α-hetero) is 1. The molecule has 1 fully saturated rings. The van der Waals surface area contributed by atoms with E-state index in [4.69, 9.17) is 4.74 Å². The van der Waals surface area contributed by atoms with E-state index in [9.17, 15) is 9.59 Å². The van der Waals surface area contributed by atoms with Crippen LogP contribution in [0.4, 0.5) is 0 Å². The number of rotatable bonds is 6. The minimum absolute atomic E-state index is 0.0408. The molecule has 0 radical (unpaired) electrons. The predicted octanol–water partition coefficient (Wildman–Crippen LogP) is 4.22. The molecule has 28 heavy (non-hydrogen) atoms. The maximum atomic E-state index is 12.9. The largest absolute Gasteiger partial charge is 0.496 e. The lowest BCUT2D eigenvalue weighted by molar-refractivity contribution is -0.124. The number of likely N-dealkylation sites (tertiary alicyclic amines) is 1. The van der Waals surface area contributed by atoms with Crippen LogP contribution in [0.3, 0.4) is 0 Å². The summed E-state index contributed by atoms with van der Waals surface area (Å²) in [5, 5.41) is 0. The van der Waals surface area contributed by atoms with E-state index in [1.165, 1.54) is 0 Å². The van der Waals surface area contributed by atoms with Crippen LogP contribution in [-0.2, 0) is 4.79 Å². The molecule has 0 bridgehead atoms. The van der Waals surface area contributed by atoms with Gasteiger partial charge in [-0.25, -0.2) is 0 Å². The summed E-state index contributed by atoms with van der Waals surface area (Å²) in [7, 11) is 1.63. The molecule has 1 aromatic heterocycles. The number of hydrogen-bond acceptors (Lipinski definition) is 4. The molecule has 5 heteroatoms. The van der Waals surface area contributed by atoms with Gasteiger partial charge in [-0.3, -0.25) is 14.6 Å². The Morgan fingerprint density at radius 3 is 2.68 bits per heavy atom. The Morgan fingerprint density at radius 1 is 1.21 bits per heavy atom. The molecule has 5 nitrogen and oxygen atoms in total. The lowest BCUT2D eigenvalue weighted by atomic mass is 9.89. The summed E-state index contributed by atoms with van der Waals surface area (Å²) in [4.78, 5) is 31.6. The number of hydrogen-bond donors (Lipinski definition) is 0. The highest BCUT2D eigenvalue weighted by molar-refractivity contribution is 5.95. The fraction of sp³-hybridized carbons (Fsp3) is 0.435. The van der Waals surface area contributed by atoms with Crippen molar-refractivity contribution in [2.75, 3.05) is 20.2 Å². The van der Waals surface area contributed by atoms with Gasteiger partial charge in [-0.05, 0) is 43.0 Å². The van der Waals surface area contributed by atoms with Crippen molar-refractivity contribution in [2.45, 2.75) is 33.1 Å². The first-order valence-corrected chi connectivity index (χ1v) is 9.91. The number of ether oxygens (including phenoxy) is 1. The Balaban J connectivity index is 1.71. The zero-order chi connectivity index (χ0) is 20.1. The number of nitrogens with zero attached hydrogens (tertiary/aromatic N) is 2. The Kier molecular flexibility index (Phi) is 6.45. The smallest absolute Gasteiger partial charge is 0.255 e. The fourth-order valence-corrected chi connectivity index (χ4v) is 3.71. The summed E-state index contributed by atoms with van der Waals surface area (Å²) >= 11 is 0. The molecule has 3 rings (SSSR count). The number of methoxy groups -OCH3 is 1. The van der Waals surface area contributed by atoms with Gasteiger partial charge in [0.05, 0.1) is 18.4 Å². The van der Waals surface area contributed by atoms with Crippen LogP contribution in [0.15, 0.2) is 42.6 Å². The first-order valence-electron chi connectivity index (χ1n) is 9.91. The van der Waals surface area contributed by atoms with E-state index in [2.05, 4.69) is 18.8 Å². The van der Waals surface area contributed by atoms with Gasteiger partial charge in [0.15, 0.2) is 0 Å². The van der Waals surface area contributed by atoms with Crippen molar-refractivity contribution in [1.29, 1.82) is 0 Å². The number of ketones is 1. The van der Waals surface area contributed by atoms with Gasteiger partial charge in [-0.1, -0.05) is 26.0 Å². The SMILES string of the molecule is COc1ccccc1-c1ccc(C(=O)N2CCC[C@@H](C(=O)CC(C)C)C2)cn1. The quantitative estimate of drug-likeness (QED) is 0.753. The van der Waals surface area contributed by atoms with Gasteiger partial charge in [0.1, 0.15) is 11.5 Å². The number of piperidine rings is 1. The number of para-hydroxylation sites is 1. The van der Waals surface area contributed by atoms with Crippen LogP contribution >= 0.6 is 0 Å². The highest BCUT2D eigenvalue weighted by Crippen LogP contribution is 2.28. The average Bonchev–Trinajstić information content (AvgIpc) is 2.73. The van der Waals surface area contributed by atoms with E-state index in [0.717, 1.165) is 29.8 Å². The van der Waals surface area contributed by atoms with Gasteiger partial charge in [0.2, 0.25) is 0 Å². The maximum Gasteiger partial charge on any atom is 0.255 e. The summed E-state index contributed by atoms with van der Waals surface area (Å²) in [6, 6.07) is 11.3. The van der Waals surface area contributed by atoms with Crippen molar-refractivity contribution >= 4 is 11.7 Å². The molecule has 1 aromatic carbocycles. The van der Waals surface area contributed by atoms with E-state index in [1.807, 2.05) is 30.3 Å². The Hall–Kier alpha value is -2.69. The van der Waals surface area contributed by atoms with Crippen molar-refractivity contribution < 1.29 is 14.3 Å². The Labute approximate surface area is 166 Å². The second-order valence-electron chi connectivity index (χ2n) is 7.79.